The SMILES string of the molecule is CN=C(NCc1cccc(Cn2cccn2)c1)NC(C)CCC(C)C. The van der Waals surface area contributed by atoms with E-state index in [1.807, 2.05) is 30.2 Å². The maximum absolute atomic E-state index is 4.33. The van der Waals surface area contributed by atoms with E-state index in [2.05, 4.69) is 65.8 Å². The largest absolute Gasteiger partial charge is 0.354 e. The van der Waals surface area contributed by atoms with E-state index in [1.54, 1.807) is 0 Å². The van der Waals surface area contributed by atoms with Crippen LogP contribution in [0.1, 0.15) is 44.7 Å². The predicted molar refractivity (Wildman–Crippen MR) is 105 cm³/mol. The Balaban J connectivity index is 1.84. The zero-order valence-corrected chi connectivity index (χ0v) is 15.9. The third-order valence-electron chi connectivity index (χ3n) is 4.14. The van der Waals surface area contributed by atoms with E-state index in [1.165, 1.54) is 17.5 Å². The Morgan fingerprint density at radius 3 is 2.64 bits per heavy atom. The molecule has 5 heteroatoms. The number of guanidine groups is 1. The Bertz CT molecular complexity index is 646. The smallest absolute Gasteiger partial charge is 0.191 e. The van der Waals surface area contributed by atoms with Gasteiger partial charge in [0.15, 0.2) is 5.96 Å². The molecular formula is C20H31N5. The number of aliphatic imine (C=N–C) groups is 1. The summed E-state index contributed by atoms with van der Waals surface area (Å²) < 4.78 is 1.93. The van der Waals surface area contributed by atoms with Crippen LogP contribution < -0.4 is 10.6 Å². The third-order valence-corrected chi connectivity index (χ3v) is 4.14. The van der Waals surface area contributed by atoms with Crippen LogP contribution in [0.2, 0.25) is 0 Å². The predicted octanol–water partition coefficient (Wildman–Crippen LogP) is 3.42. The molecule has 0 fully saturated rings. The van der Waals surface area contributed by atoms with Crippen molar-refractivity contribution in [1.29, 1.82) is 0 Å². The van der Waals surface area contributed by atoms with Gasteiger partial charge < -0.3 is 10.6 Å². The highest BCUT2D eigenvalue weighted by Gasteiger charge is 2.06. The molecule has 2 aromatic rings. The van der Waals surface area contributed by atoms with Crippen LogP contribution in [0.5, 0.6) is 0 Å². The van der Waals surface area contributed by atoms with Gasteiger partial charge in [0.25, 0.3) is 0 Å². The van der Waals surface area contributed by atoms with Crippen LogP contribution in [0.15, 0.2) is 47.7 Å². The second kappa shape index (κ2) is 9.87. The molecular weight excluding hydrogens is 310 g/mol. The Morgan fingerprint density at radius 1 is 1.16 bits per heavy atom. The molecule has 1 aromatic heterocycles. The van der Waals surface area contributed by atoms with Gasteiger partial charge in [-0.3, -0.25) is 9.67 Å². The molecule has 0 aliphatic heterocycles. The first-order valence-corrected chi connectivity index (χ1v) is 9.09. The molecule has 1 atom stereocenters. The lowest BCUT2D eigenvalue weighted by Crippen LogP contribution is -2.41. The van der Waals surface area contributed by atoms with Gasteiger partial charge in [0.05, 0.1) is 6.54 Å². The monoisotopic (exact) mass is 341 g/mol. The van der Waals surface area contributed by atoms with E-state index in [0.29, 0.717) is 6.04 Å². The van der Waals surface area contributed by atoms with Crippen LogP contribution in [0.3, 0.4) is 0 Å². The van der Waals surface area contributed by atoms with Gasteiger partial charge in [-0.25, -0.2) is 0 Å². The van der Waals surface area contributed by atoms with Crippen LogP contribution in [0, 0.1) is 5.92 Å². The second-order valence-electron chi connectivity index (χ2n) is 6.97. The minimum atomic E-state index is 0.416. The number of nitrogens with one attached hydrogen (secondary N) is 2. The molecule has 0 radical (unpaired) electrons. The molecule has 5 nitrogen and oxygen atoms in total. The number of hydrogen-bond donors (Lipinski definition) is 2. The molecule has 2 rings (SSSR count). The topological polar surface area (TPSA) is 54.2 Å². The second-order valence-corrected chi connectivity index (χ2v) is 6.97. The molecule has 0 spiro atoms. The summed E-state index contributed by atoms with van der Waals surface area (Å²) in [4.78, 5) is 4.33. The highest BCUT2D eigenvalue weighted by Crippen LogP contribution is 2.08. The fourth-order valence-electron chi connectivity index (χ4n) is 2.69. The van der Waals surface area contributed by atoms with Crippen molar-refractivity contribution in [1.82, 2.24) is 20.4 Å². The summed E-state index contributed by atoms with van der Waals surface area (Å²) in [6, 6.07) is 10.9. The third kappa shape index (κ3) is 6.99. The minimum absolute atomic E-state index is 0.416. The molecule has 0 aliphatic carbocycles. The summed E-state index contributed by atoms with van der Waals surface area (Å²) in [7, 11) is 1.82. The van der Waals surface area contributed by atoms with Crippen molar-refractivity contribution >= 4 is 5.96 Å². The zero-order chi connectivity index (χ0) is 18.1. The van der Waals surface area contributed by atoms with Gasteiger partial charge in [0.2, 0.25) is 0 Å². The summed E-state index contributed by atoms with van der Waals surface area (Å²) in [5.74, 6) is 1.59. The lowest BCUT2D eigenvalue weighted by atomic mass is 10.0. The van der Waals surface area contributed by atoms with E-state index >= 15 is 0 Å². The lowest BCUT2D eigenvalue weighted by molar-refractivity contribution is 0.489. The van der Waals surface area contributed by atoms with Crippen molar-refractivity contribution in [3.8, 4) is 0 Å². The summed E-state index contributed by atoms with van der Waals surface area (Å²) in [6.45, 7) is 8.27. The number of aromatic nitrogens is 2. The average Bonchev–Trinajstić information content (AvgIpc) is 3.10. The van der Waals surface area contributed by atoms with E-state index in [-0.39, 0.29) is 0 Å². The summed E-state index contributed by atoms with van der Waals surface area (Å²) >= 11 is 0. The van der Waals surface area contributed by atoms with E-state index in [9.17, 15) is 0 Å². The van der Waals surface area contributed by atoms with E-state index in [0.717, 1.165) is 31.4 Å². The highest BCUT2D eigenvalue weighted by atomic mass is 15.3. The van der Waals surface area contributed by atoms with Crippen molar-refractivity contribution in [3.63, 3.8) is 0 Å². The van der Waals surface area contributed by atoms with Crippen LogP contribution in [-0.4, -0.2) is 28.8 Å². The fourth-order valence-corrected chi connectivity index (χ4v) is 2.69. The van der Waals surface area contributed by atoms with Crippen LogP contribution >= 0.6 is 0 Å². The fraction of sp³-hybridized carbons (Fsp3) is 0.500. The quantitative estimate of drug-likeness (QED) is 0.571. The molecule has 2 N–H and O–H groups in total. The molecule has 1 heterocycles. The molecule has 25 heavy (non-hydrogen) atoms. The van der Waals surface area contributed by atoms with E-state index < -0.39 is 0 Å². The lowest BCUT2D eigenvalue weighted by Gasteiger charge is -2.19. The number of benzene rings is 1. The molecule has 0 amide bonds. The minimum Gasteiger partial charge on any atom is -0.354 e. The van der Waals surface area contributed by atoms with Crippen molar-refractivity contribution in [2.45, 2.75) is 52.7 Å². The molecule has 0 saturated heterocycles. The van der Waals surface area contributed by atoms with Gasteiger partial charge in [0.1, 0.15) is 0 Å². The van der Waals surface area contributed by atoms with Crippen molar-refractivity contribution in [2.24, 2.45) is 10.9 Å². The van der Waals surface area contributed by atoms with Crippen LogP contribution in [0.4, 0.5) is 0 Å². The first-order valence-electron chi connectivity index (χ1n) is 9.09. The van der Waals surface area contributed by atoms with E-state index in [4.69, 9.17) is 0 Å². The average molecular weight is 342 g/mol. The summed E-state index contributed by atoms with van der Waals surface area (Å²) in [5, 5.41) is 11.1. The highest BCUT2D eigenvalue weighted by molar-refractivity contribution is 5.79. The maximum atomic E-state index is 4.33. The first-order chi connectivity index (χ1) is 12.1. The molecule has 0 bridgehead atoms. The first kappa shape index (κ1) is 19.0. The van der Waals surface area contributed by atoms with Gasteiger partial charge in [0, 0.05) is 32.0 Å². The molecule has 0 saturated carbocycles. The van der Waals surface area contributed by atoms with Gasteiger partial charge in [-0.1, -0.05) is 38.1 Å². The zero-order valence-electron chi connectivity index (χ0n) is 15.9. The molecule has 1 unspecified atom stereocenters. The maximum Gasteiger partial charge on any atom is 0.191 e. The number of hydrogen-bond acceptors (Lipinski definition) is 2. The van der Waals surface area contributed by atoms with Crippen molar-refractivity contribution in [3.05, 3.63) is 53.9 Å². The normalized spacial score (nSPS) is 13.1. The van der Waals surface area contributed by atoms with Gasteiger partial charge in [-0.2, -0.15) is 5.10 Å². The molecule has 0 aliphatic rings. The van der Waals surface area contributed by atoms with Crippen LogP contribution in [-0.2, 0) is 13.1 Å². The van der Waals surface area contributed by atoms with Gasteiger partial charge in [-0.15, -0.1) is 0 Å². The standard InChI is InChI=1S/C20H31N5/c1-16(2)9-10-17(3)24-20(21-4)22-14-18-7-5-8-19(13-18)15-25-12-6-11-23-25/h5-8,11-13,16-17H,9-10,14-15H2,1-4H3,(H2,21,22,24). The summed E-state index contributed by atoms with van der Waals surface area (Å²) in [6.07, 6.45) is 6.16. The van der Waals surface area contributed by atoms with Crippen LogP contribution in [0.25, 0.3) is 0 Å². The summed E-state index contributed by atoms with van der Waals surface area (Å²) in [5.41, 5.74) is 2.48. The number of nitrogens with zero attached hydrogens (tertiary/aromatic N) is 3. The van der Waals surface area contributed by atoms with Crippen molar-refractivity contribution in [2.75, 3.05) is 7.05 Å². The number of rotatable bonds is 8. The Kier molecular flexibility index (Phi) is 7.51. The Hall–Kier alpha value is -2.30. The molecule has 136 valence electrons. The molecule has 1 aromatic carbocycles. The Morgan fingerprint density at radius 2 is 1.96 bits per heavy atom. The van der Waals surface area contributed by atoms with Crippen molar-refractivity contribution < 1.29 is 0 Å². The van der Waals surface area contributed by atoms with Gasteiger partial charge in [-0.05, 0) is 42.9 Å². The van der Waals surface area contributed by atoms with Gasteiger partial charge >= 0.3 is 0 Å². The Labute approximate surface area is 151 Å².